The standard InChI is InChI=1S/C37H36N2O4/c1-42-32-19-11-8-14-26(32)22-31(40)33-34-36(27-15-6-3-7-16-27)21-20-30(28-17-9-10-18-29(28)36)37(34,24-38-33)39-35(41)43-23-25-12-4-2-5-13-25/h2-19,30,33-34,38H,20-24H2,1H3,(H,39,41). The van der Waals surface area contributed by atoms with Gasteiger partial charge in [-0.15, -0.1) is 0 Å². The van der Waals surface area contributed by atoms with E-state index in [1.54, 1.807) is 7.11 Å². The Hall–Kier alpha value is -4.42. The van der Waals surface area contributed by atoms with Gasteiger partial charge in [0.15, 0.2) is 5.78 Å². The predicted molar refractivity (Wildman–Crippen MR) is 165 cm³/mol. The highest BCUT2D eigenvalue weighted by molar-refractivity contribution is 5.89. The minimum atomic E-state index is -0.711. The van der Waals surface area contributed by atoms with Crippen molar-refractivity contribution < 1.29 is 19.1 Å². The highest BCUT2D eigenvalue weighted by Gasteiger charge is 2.70. The van der Waals surface area contributed by atoms with Crippen LogP contribution in [-0.2, 0) is 28.0 Å². The molecule has 1 aliphatic heterocycles. The van der Waals surface area contributed by atoms with Gasteiger partial charge in [-0.1, -0.05) is 103 Å². The topological polar surface area (TPSA) is 76.7 Å². The maximum absolute atomic E-state index is 14.4. The van der Waals surface area contributed by atoms with Crippen molar-refractivity contribution in [2.75, 3.05) is 13.7 Å². The van der Waals surface area contributed by atoms with Gasteiger partial charge in [0, 0.05) is 35.8 Å². The number of ketones is 1. The van der Waals surface area contributed by atoms with Gasteiger partial charge in [-0.25, -0.2) is 4.79 Å². The monoisotopic (exact) mass is 572 g/mol. The van der Waals surface area contributed by atoms with Crippen LogP contribution in [0.25, 0.3) is 0 Å². The summed E-state index contributed by atoms with van der Waals surface area (Å²) in [6, 6.07) is 36.1. The number of carbonyl (C=O) groups excluding carboxylic acids is 2. The third kappa shape index (κ3) is 4.43. The van der Waals surface area contributed by atoms with Gasteiger partial charge in [-0.3, -0.25) is 4.79 Å². The second-order valence-corrected chi connectivity index (χ2v) is 12.0. The fraction of sp³-hybridized carbons (Fsp3) is 0.297. The summed E-state index contributed by atoms with van der Waals surface area (Å²) in [6.45, 7) is 0.663. The van der Waals surface area contributed by atoms with Crippen molar-refractivity contribution >= 4 is 11.9 Å². The molecule has 8 rings (SSSR count). The van der Waals surface area contributed by atoms with Crippen LogP contribution >= 0.6 is 0 Å². The molecule has 4 aromatic rings. The largest absolute Gasteiger partial charge is 0.496 e. The molecule has 5 unspecified atom stereocenters. The van der Waals surface area contributed by atoms with E-state index in [0.717, 1.165) is 24.0 Å². The predicted octanol–water partition coefficient (Wildman–Crippen LogP) is 5.94. The average molecular weight is 573 g/mol. The second-order valence-electron chi connectivity index (χ2n) is 12.0. The van der Waals surface area contributed by atoms with E-state index in [0.29, 0.717) is 12.3 Å². The lowest BCUT2D eigenvalue weighted by atomic mass is 9.43. The maximum atomic E-state index is 14.4. The molecule has 1 saturated carbocycles. The number of nitrogens with one attached hydrogen (secondary N) is 2. The first-order valence-electron chi connectivity index (χ1n) is 15.1. The third-order valence-corrected chi connectivity index (χ3v) is 10.0. The Bertz CT molecular complexity index is 1640. The Balaban J connectivity index is 1.32. The van der Waals surface area contributed by atoms with Gasteiger partial charge >= 0.3 is 6.09 Å². The molecule has 218 valence electrons. The number of hydrogen-bond donors (Lipinski definition) is 2. The molecule has 2 fully saturated rings. The second kappa shape index (κ2) is 11.0. The van der Waals surface area contributed by atoms with Crippen LogP contribution < -0.4 is 15.4 Å². The molecule has 1 amide bonds. The Morgan fingerprint density at radius 2 is 1.58 bits per heavy atom. The Morgan fingerprint density at radius 3 is 2.37 bits per heavy atom. The number of rotatable bonds is 8. The minimum Gasteiger partial charge on any atom is -0.496 e. The average Bonchev–Trinajstić information content (AvgIpc) is 3.47. The normalized spacial score (nSPS) is 26.7. The van der Waals surface area contributed by atoms with E-state index >= 15 is 0 Å². The highest BCUT2D eigenvalue weighted by atomic mass is 16.5. The number of ether oxygens (including phenoxy) is 2. The first kappa shape index (κ1) is 27.4. The van der Waals surface area contributed by atoms with Crippen LogP contribution in [0.2, 0.25) is 0 Å². The number of amides is 1. The minimum absolute atomic E-state index is 0.0418. The number of para-hydroxylation sites is 1. The first-order chi connectivity index (χ1) is 21.1. The molecule has 5 atom stereocenters. The molecule has 2 bridgehead atoms. The van der Waals surface area contributed by atoms with E-state index in [1.807, 2.05) is 60.7 Å². The van der Waals surface area contributed by atoms with Crippen molar-refractivity contribution in [3.63, 3.8) is 0 Å². The van der Waals surface area contributed by atoms with Crippen LogP contribution in [0, 0.1) is 5.92 Å². The van der Waals surface area contributed by atoms with Crippen LogP contribution in [-0.4, -0.2) is 37.1 Å². The van der Waals surface area contributed by atoms with Crippen LogP contribution in [0.1, 0.15) is 46.6 Å². The molecular weight excluding hydrogens is 536 g/mol. The number of methoxy groups -OCH3 is 1. The fourth-order valence-corrected chi connectivity index (χ4v) is 8.42. The Kier molecular flexibility index (Phi) is 7.02. The quantitative estimate of drug-likeness (QED) is 0.274. The van der Waals surface area contributed by atoms with Gasteiger partial charge in [0.25, 0.3) is 0 Å². The van der Waals surface area contributed by atoms with Gasteiger partial charge in [0.2, 0.25) is 0 Å². The zero-order valence-electron chi connectivity index (χ0n) is 24.3. The van der Waals surface area contributed by atoms with Crippen LogP contribution in [0.5, 0.6) is 5.75 Å². The molecule has 4 aromatic carbocycles. The summed E-state index contributed by atoms with van der Waals surface area (Å²) in [6.07, 6.45) is 1.58. The summed E-state index contributed by atoms with van der Waals surface area (Å²) in [7, 11) is 1.63. The van der Waals surface area contributed by atoms with E-state index in [2.05, 4.69) is 59.2 Å². The zero-order chi connectivity index (χ0) is 29.4. The molecule has 0 aromatic heterocycles. The number of hydrogen-bond acceptors (Lipinski definition) is 5. The lowest BCUT2D eigenvalue weighted by Crippen LogP contribution is -2.70. The molecule has 6 heteroatoms. The van der Waals surface area contributed by atoms with Gasteiger partial charge in [-0.05, 0) is 41.2 Å². The summed E-state index contributed by atoms with van der Waals surface area (Å²) in [5, 5.41) is 7.05. The number of alkyl carbamates (subject to hydrolysis) is 1. The van der Waals surface area contributed by atoms with Crippen LogP contribution in [0.15, 0.2) is 109 Å². The zero-order valence-corrected chi connectivity index (χ0v) is 24.3. The van der Waals surface area contributed by atoms with E-state index in [-0.39, 0.29) is 30.6 Å². The summed E-state index contributed by atoms with van der Waals surface area (Å²) < 4.78 is 11.4. The van der Waals surface area contributed by atoms with Crippen molar-refractivity contribution in [2.45, 2.75) is 48.8 Å². The Labute approximate surface area is 252 Å². The fourth-order valence-electron chi connectivity index (χ4n) is 8.42. The van der Waals surface area contributed by atoms with Gasteiger partial charge in [-0.2, -0.15) is 0 Å². The summed E-state index contributed by atoms with van der Waals surface area (Å²) in [5.74, 6) is 0.620. The van der Waals surface area contributed by atoms with Crippen LogP contribution in [0.3, 0.4) is 0 Å². The smallest absolute Gasteiger partial charge is 0.407 e. The maximum Gasteiger partial charge on any atom is 0.407 e. The number of benzene rings is 4. The van der Waals surface area contributed by atoms with Crippen molar-refractivity contribution in [2.24, 2.45) is 5.92 Å². The van der Waals surface area contributed by atoms with Gasteiger partial charge in [0.1, 0.15) is 12.4 Å². The van der Waals surface area contributed by atoms with Crippen molar-refractivity contribution in [1.82, 2.24) is 10.6 Å². The Morgan fingerprint density at radius 1 is 0.884 bits per heavy atom. The molecular formula is C37H36N2O4. The van der Waals surface area contributed by atoms with Crippen LogP contribution in [0.4, 0.5) is 4.79 Å². The van der Waals surface area contributed by atoms with Crippen molar-refractivity contribution in [3.05, 3.63) is 137 Å². The van der Waals surface area contributed by atoms with E-state index in [9.17, 15) is 9.59 Å². The molecule has 43 heavy (non-hydrogen) atoms. The molecule has 0 spiro atoms. The summed E-state index contributed by atoms with van der Waals surface area (Å²) in [5.41, 5.74) is 4.29. The summed E-state index contributed by atoms with van der Waals surface area (Å²) in [4.78, 5) is 28.0. The van der Waals surface area contributed by atoms with Crippen molar-refractivity contribution in [3.8, 4) is 5.75 Å². The molecule has 2 N–H and O–H groups in total. The van der Waals surface area contributed by atoms with Gasteiger partial charge < -0.3 is 20.1 Å². The SMILES string of the molecule is COc1ccccc1CC(=O)C1NCC2(NC(=O)OCc3ccccc3)C3CCC(c4ccccc4)(c4ccccc43)C12. The van der Waals surface area contributed by atoms with Crippen molar-refractivity contribution in [1.29, 1.82) is 0 Å². The lowest BCUT2D eigenvalue weighted by Gasteiger charge is -2.61. The molecule has 1 heterocycles. The van der Waals surface area contributed by atoms with E-state index in [4.69, 9.17) is 9.47 Å². The molecule has 0 radical (unpaired) electrons. The first-order valence-corrected chi connectivity index (χ1v) is 15.1. The number of fused-ring (bicyclic) bond motifs is 1. The van der Waals surface area contributed by atoms with E-state index in [1.165, 1.54) is 16.7 Å². The molecule has 4 aliphatic rings. The number of carbonyl (C=O) groups is 2. The molecule has 1 saturated heterocycles. The molecule has 6 nitrogen and oxygen atoms in total. The third-order valence-electron chi connectivity index (χ3n) is 10.0. The summed E-state index contributed by atoms with van der Waals surface area (Å²) >= 11 is 0. The highest BCUT2D eigenvalue weighted by Crippen LogP contribution is 2.65. The lowest BCUT2D eigenvalue weighted by molar-refractivity contribution is -0.122. The van der Waals surface area contributed by atoms with E-state index < -0.39 is 23.1 Å². The number of Topliss-reactive ketones (excluding diaryl/α,β-unsaturated/α-hetero) is 1. The molecule has 3 aliphatic carbocycles. The van der Waals surface area contributed by atoms with Gasteiger partial charge in [0.05, 0.1) is 18.7 Å².